The van der Waals surface area contributed by atoms with Crippen molar-refractivity contribution in [2.75, 3.05) is 12.6 Å². The predicted molar refractivity (Wildman–Crippen MR) is 96.0 cm³/mol. The van der Waals surface area contributed by atoms with Crippen LogP contribution in [0.5, 0.6) is 5.75 Å². The number of para-hydroxylation sites is 1. The van der Waals surface area contributed by atoms with E-state index in [0.717, 1.165) is 0 Å². The molecule has 27 heavy (non-hydrogen) atoms. The van der Waals surface area contributed by atoms with Gasteiger partial charge in [-0.05, 0) is 48.5 Å². The van der Waals surface area contributed by atoms with Gasteiger partial charge in [-0.15, -0.1) is 10.2 Å². The molecule has 0 saturated carbocycles. The lowest BCUT2D eigenvalue weighted by atomic mass is 10.2. The number of benzene rings is 2. The van der Waals surface area contributed by atoms with Gasteiger partial charge in [0.25, 0.3) is 0 Å². The number of carbonyl (C=O) groups is 2. The molecule has 8 heteroatoms. The zero-order valence-electron chi connectivity index (χ0n) is 14.3. The first-order chi connectivity index (χ1) is 13.2. The number of hydrogen-bond acceptors (Lipinski definition) is 7. The Morgan fingerprint density at radius 3 is 2.48 bits per heavy atom. The summed E-state index contributed by atoms with van der Waals surface area (Å²) in [6, 6.07) is 16.3. The molecule has 1 heterocycles. The number of nitrogens with one attached hydrogen (secondary N) is 1. The Balaban J connectivity index is 1.58. The molecular formula is C19H15N3O5. The summed E-state index contributed by atoms with van der Waals surface area (Å²) in [5.41, 5.74) is 3.83. The predicted octanol–water partition coefficient (Wildman–Crippen LogP) is 4.40. The molecule has 0 aliphatic heterocycles. The Kier molecular flexibility index (Phi) is 5.58. The molecule has 1 aromatic heterocycles. The average molecular weight is 365 g/mol. The first-order valence-electron chi connectivity index (χ1n) is 7.87. The number of azo groups is 1. The lowest BCUT2D eigenvalue weighted by Crippen LogP contribution is -2.11. The molecule has 0 aliphatic rings. The van der Waals surface area contributed by atoms with Crippen molar-refractivity contribution < 1.29 is 23.6 Å². The van der Waals surface area contributed by atoms with Gasteiger partial charge >= 0.3 is 11.9 Å². The molecule has 3 aromatic rings. The summed E-state index contributed by atoms with van der Waals surface area (Å²) in [6.07, 6.45) is 1.38. The van der Waals surface area contributed by atoms with Crippen LogP contribution in [0.15, 0.2) is 81.6 Å². The highest BCUT2D eigenvalue weighted by molar-refractivity contribution is 5.93. The van der Waals surface area contributed by atoms with E-state index in [1.165, 1.54) is 19.4 Å². The summed E-state index contributed by atoms with van der Waals surface area (Å²) in [5, 5.41) is 7.40. The highest BCUT2D eigenvalue weighted by Gasteiger charge is 2.13. The third kappa shape index (κ3) is 4.57. The second-order valence-corrected chi connectivity index (χ2v) is 5.22. The van der Waals surface area contributed by atoms with Crippen LogP contribution in [0.25, 0.3) is 0 Å². The molecule has 3 rings (SSSR count). The molecule has 136 valence electrons. The second kappa shape index (κ2) is 8.43. The van der Waals surface area contributed by atoms with E-state index in [1.807, 2.05) is 0 Å². The topological polar surface area (TPSA) is 102 Å². The monoisotopic (exact) mass is 365 g/mol. The van der Waals surface area contributed by atoms with E-state index < -0.39 is 11.9 Å². The third-order valence-corrected chi connectivity index (χ3v) is 3.44. The van der Waals surface area contributed by atoms with Crippen LogP contribution in [0, 0.1) is 0 Å². The fourth-order valence-electron chi connectivity index (χ4n) is 2.12. The Bertz CT molecular complexity index is 950. The highest BCUT2D eigenvalue weighted by atomic mass is 16.7. The lowest BCUT2D eigenvalue weighted by Gasteiger charge is -2.09. The number of hydrogen-bond donors (Lipinski definition) is 1. The highest BCUT2D eigenvalue weighted by Crippen LogP contribution is 2.20. The largest absolute Gasteiger partial charge is 0.496 e. The van der Waals surface area contributed by atoms with Crippen molar-refractivity contribution in [1.82, 2.24) is 0 Å². The van der Waals surface area contributed by atoms with E-state index in [1.54, 1.807) is 54.6 Å². The molecule has 8 nitrogen and oxygen atoms in total. The molecule has 1 N–H and O–H groups in total. The molecule has 0 spiro atoms. The van der Waals surface area contributed by atoms with Crippen molar-refractivity contribution in [2.45, 2.75) is 0 Å². The van der Waals surface area contributed by atoms with Crippen LogP contribution >= 0.6 is 0 Å². The van der Waals surface area contributed by atoms with Gasteiger partial charge in [-0.2, -0.15) is 0 Å². The number of furan rings is 1. The van der Waals surface area contributed by atoms with Gasteiger partial charge < -0.3 is 14.0 Å². The lowest BCUT2D eigenvalue weighted by molar-refractivity contribution is 0.0592. The molecule has 0 radical (unpaired) electrons. The van der Waals surface area contributed by atoms with Gasteiger partial charge in [0.15, 0.2) is 5.76 Å². The summed E-state index contributed by atoms with van der Waals surface area (Å²) in [6.45, 7) is 0. The van der Waals surface area contributed by atoms with E-state index in [0.29, 0.717) is 22.7 Å². The summed E-state index contributed by atoms with van der Waals surface area (Å²) in [4.78, 5) is 28.8. The Morgan fingerprint density at radius 1 is 1.00 bits per heavy atom. The fourth-order valence-corrected chi connectivity index (χ4v) is 2.12. The first kappa shape index (κ1) is 17.9. The van der Waals surface area contributed by atoms with Crippen molar-refractivity contribution >= 4 is 23.3 Å². The smallest absolute Gasteiger partial charge is 0.366 e. The summed E-state index contributed by atoms with van der Waals surface area (Å²) < 4.78 is 10.1. The van der Waals surface area contributed by atoms with E-state index in [4.69, 9.17) is 14.0 Å². The summed E-state index contributed by atoms with van der Waals surface area (Å²) >= 11 is 0. The molecule has 0 atom stereocenters. The van der Waals surface area contributed by atoms with Crippen LogP contribution in [0.2, 0.25) is 0 Å². The maximum Gasteiger partial charge on any atom is 0.366 e. The summed E-state index contributed by atoms with van der Waals surface area (Å²) in [7, 11) is 1.48. The maximum atomic E-state index is 12.1. The fraction of sp³-hybridized carbons (Fsp3) is 0.0526. The number of nitrogens with zero attached hydrogens (tertiary/aromatic N) is 2. The van der Waals surface area contributed by atoms with Gasteiger partial charge in [0.1, 0.15) is 11.3 Å². The van der Waals surface area contributed by atoms with E-state index >= 15 is 0 Å². The van der Waals surface area contributed by atoms with Crippen LogP contribution in [0.3, 0.4) is 0 Å². The number of anilines is 1. The second-order valence-electron chi connectivity index (χ2n) is 5.22. The van der Waals surface area contributed by atoms with Crippen LogP contribution in [0.1, 0.15) is 20.9 Å². The van der Waals surface area contributed by atoms with Crippen LogP contribution < -0.4 is 10.2 Å². The van der Waals surface area contributed by atoms with Crippen molar-refractivity contribution in [3.63, 3.8) is 0 Å². The zero-order valence-corrected chi connectivity index (χ0v) is 14.3. The number of methoxy groups -OCH3 is 1. The molecule has 0 fully saturated rings. The molecule has 0 saturated heterocycles. The molecule has 0 aliphatic carbocycles. The maximum absolute atomic E-state index is 12.1. The molecule has 1 amide bonds. The van der Waals surface area contributed by atoms with E-state index in [2.05, 4.69) is 15.7 Å². The van der Waals surface area contributed by atoms with Crippen molar-refractivity contribution in [3.05, 3.63) is 78.3 Å². The normalized spacial score (nSPS) is 10.6. The average Bonchev–Trinajstić information content (AvgIpc) is 3.26. The van der Waals surface area contributed by atoms with Gasteiger partial charge in [-0.3, -0.25) is 4.79 Å². The van der Waals surface area contributed by atoms with Crippen molar-refractivity contribution in [1.29, 1.82) is 0 Å². The quantitative estimate of drug-likeness (QED) is 0.513. The van der Waals surface area contributed by atoms with Gasteiger partial charge in [0, 0.05) is 0 Å². The SMILES string of the molecule is COc1ccccc1C(=O)ONc1ccc(N=NC(=O)c2ccco2)cc1. The van der Waals surface area contributed by atoms with Crippen molar-refractivity contribution in [3.8, 4) is 5.75 Å². The molecular weight excluding hydrogens is 350 g/mol. The minimum Gasteiger partial charge on any atom is -0.496 e. The van der Waals surface area contributed by atoms with Crippen LogP contribution in [-0.2, 0) is 4.84 Å². The van der Waals surface area contributed by atoms with Crippen LogP contribution in [0.4, 0.5) is 11.4 Å². The Hall–Kier alpha value is -3.94. The third-order valence-electron chi connectivity index (χ3n) is 3.44. The number of carbonyl (C=O) groups excluding carboxylic acids is 2. The minimum absolute atomic E-state index is 0.111. The molecule has 2 aromatic carbocycles. The zero-order chi connectivity index (χ0) is 19.1. The van der Waals surface area contributed by atoms with E-state index in [9.17, 15) is 9.59 Å². The first-order valence-corrected chi connectivity index (χ1v) is 7.87. The Morgan fingerprint density at radius 2 is 1.78 bits per heavy atom. The minimum atomic E-state index is -0.583. The number of rotatable bonds is 6. The number of ether oxygens (including phenoxy) is 1. The standard InChI is InChI=1S/C19H15N3O5/c1-25-16-6-3-2-5-15(16)19(24)27-22-14-10-8-13(9-11-14)20-21-18(23)17-7-4-12-26-17/h2-12,22H,1H3. The van der Waals surface area contributed by atoms with Gasteiger partial charge in [-0.25, -0.2) is 10.3 Å². The Labute approximate surface area is 154 Å². The molecule has 0 unspecified atom stereocenters. The van der Waals surface area contributed by atoms with Crippen molar-refractivity contribution in [2.24, 2.45) is 10.2 Å². The van der Waals surface area contributed by atoms with E-state index in [-0.39, 0.29) is 5.76 Å². The van der Waals surface area contributed by atoms with Gasteiger partial charge in [-0.1, -0.05) is 12.1 Å². The number of amides is 1. The van der Waals surface area contributed by atoms with Crippen LogP contribution in [-0.4, -0.2) is 19.0 Å². The van der Waals surface area contributed by atoms with Gasteiger partial charge in [0.2, 0.25) is 0 Å². The van der Waals surface area contributed by atoms with Gasteiger partial charge in [0.05, 0.1) is 24.7 Å². The molecule has 0 bridgehead atoms. The summed E-state index contributed by atoms with van der Waals surface area (Å²) in [5.74, 6) is -0.630.